The highest BCUT2D eigenvalue weighted by Gasteiger charge is 2.03. The summed E-state index contributed by atoms with van der Waals surface area (Å²) < 4.78 is 0. The number of hydrogen-bond acceptors (Lipinski definition) is 5. The summed E-state index contributed by atoms with van der Waals surface area (Å²) in [6, 6.07) is 9.14. The Hall–Kier alpha value is -2.43. The lowest BCUT2D eigenvalue weighted by atomic mass is 10.1. The van der Waals surface area contributed by atoms with Gasteiger partial charge in [-0.2, -0.15) is 0 Å². The molecule has 0 aliphatic rings. The minimum atomic E-state index is 0.0402. The summed E-state index contributed by atoms with van der Waals surface area (Å²) in [6.07, 6.45) is 0. The van der Waals surface area contributed by atoms with E-state index in [1.54, 1.807) is 19.1 Å². The van der Waals surface area contributed by atoms with Crippen LogP contribution in [0.2, 0.25) is 0 Å². The molecule has 1 aromatic heterocycles. The molecule has 0 saturated heterocycles. The highest BCUT2D eigenvalue weighted by Crippen LogP contribution is 2.18. The Bertz CT molecular complexity index is 610. The molecular formula is C14H16N4O. The van der Waals surface area contributed by atoms with Crippen LogP contribution in [0.5, 0.6) is 0 Å². The molecule has 98 valence electrons. The zero-order valence-electron chi connectivity index (χ0n) is 11.2. The number of carbonyl (C=O) groups excluding carboxylic acids is 1. The highest BCUT2D eigenvalue weighted by atomic mass is 16.1. The minimum absolute atomic E-state index is 0.0402. The van der Waals surface area contributed by atoms with Gasteiger partial charge < -0.3 is 10.6 Å². The highest BCUT2D eigenvalue weighted by molar-refractivity contribution is 5.95. The number of nitrogens with one attached hydrogen (secondary N) is 2. The number of rotatable bonds is 4. The summed E-state index contributed by atoms with van der Waals surface area (Å²) in [5.41, 5.74) is 1.50. The molecule has 5 nitrogen and oxygen atoms in total. The number of Topliss-reactive ketones (excluding diaryl/α,β-unsaturated/α-hetero) is 1. The third-order valence-corrected chi connectivity index (χ3v) is 2.64. The average molecular weight is 256 g/mol. The Balaban J connectivity index is 2.28. The van der Waals surface area contributed by atoms with Crippen molar-refractivity contribution >= 4 is 23.1 Å². The number of nitrogens with zero attached hydrogens (tertiary/aromatic N) is 2. The number of benzene rings is 1. The van der Waals surface area contributed by atoms with Gasteiger partial charge in [0.15, 0.2) is 5.78 Å². The molecule has 0 amide bonds. The Morgan fingerprint density at radius 1 is 1.16 bits per heavy atom. The van der Waals surface area contributed by atoms with Crippen LogP contribution >= 0.6 is 0 Å². The van der Waals surface area contributed by atoms with E-state index >= 15 is 0 Å². The van der Waals surface area contributed by atoms with Crippen molar-refractivity contribution in [1.82, 2.24) is 9.97 Å². The summed E-state index contributed by atoms with van der Waals surface area (Å²) in [4.78, 5) is 19.9. The van der Waals surface area contributed by atoms with Gasteiger partial charge in [0.25, 0.3) is 0 Å². The lowest BCUT2D eigenvalue weighted by molar-refractivity contribution is 0.101. The van der Waals surface area contributed by atoms with Crippen LogP contribution in [0.1, 0.15) is 23.1 Å². The maximum absolute atomic E-state index is 11.3. The third kappa shape index (κ3) is 3.28. The molecule has 1 heterocycles. The molecule has 5 heteroatoms. The molecule has 0 fully saturated rings. The molecule has 0 bridgehead atoms. The molecular weight excluding hydrogens is 240 g/mol. The van der Waals surface area contributed by atoms with Crippen molar-refractivity contribution in [3.05, 3.63) is 41.7 Å². The van der Waals surface area contributed by atoms with Gasteiger partial charge in [-0.25, -0.2) is 9.97 Å². The molecule has 0 radical (unpaired) electrons. The zero-order valence-corrected chi connectivity index (χ0v) is 11.2. The molecule has 0 spiro atoms. The predicted octanol–water partition coefficient (Wildman–Crippen LogP) is 2.77. The topological polar surface area (TPSA) is 66.9 Å². The van der Waals surface area contributed by atoms with Crippen molar-refractivity contribution in [2.75, 3.05) is 17.7 Å². The third-order valence-electron chi connectivity index (χ3n) is 2.64. The van der Waals surface area contributed by atoms with E-state index in [-0.39, 0.29) is 5.78 Å². The second-order valence-electron chi connectivity index (χ2n) is 4.20. The molecule has 0 aliphatic carbocycles. The number of carbonyl (C=O) groups is 1. The van der Waals surface area contributed by atoms with Gasteiger partial charge in [-0.05, 0) is 26.0 Å². The van der Waals surface area contributed by atoms with Crippen molar-refractivity contribution in [2.24, 2.45) is 0 Å². The summed E-state index contributed by atoms with van der Waals surface area (Å²) in [5, 5.41) is 6.15. The van der Waals surface area contributed by atoms with E-state index in [2.05, 4.69) is 20.6 Å². The normalized spacial score (nSPS) is 10.1. The first-order chi connectivity index (χ1) is 9.08. The van der Waals surface area contributed by atoms with Crippen molar-refractivity contribution in [3.63, 3.8) is 0 Å². The van der Waals surface area contributed by atoms with Gasteiger partial charge in [0.1, 0.15) is 17.5 Å². The van der Waals surface area contributed by atoms with E-state index in [1.165, 1.54) is 0 Å². The lowest BCUT2D eigenvalue weighted by Gasteiger charge is -2.09. The summed E-state index contributed by atoms with van der Waals surface area (Å²) in [7, 11) is 1.81. The Kier molecular flexibility index (Phi) is 3.75. The zero-order chi connectivity index (χ0) is 13.8. The fourth-order valence-electron chi connectivity index (χ4n) is 1.72. The van der Waals surface area contributed by atoms with Crippen molar-refractivity contribution in [1.29, 1.82) is 0 Å². The van der Waals surface area contributed by atoms with Crippen LogP contribution in [-0.4, -0.2) is 22.8 Å². The molecule has 2 aromatic rings. The van der Waals surface area contributed by atoms with E-state index in [0.717, 1.165) is 11.5 Å². The molecule has 19 heavy (non-hydrogen) atoms. The maximum atomic E-state index is 11.3. The maximum Gasteiger partial charge on any atom is 0.159 e. The predicted molar refractivity (Wildman–Crippen MR) is 76.0 cm³/mol. The van der Waals surface area contributed by atoms with E-state index in [9.17, 15) is 4.79 Å². The first-order valence-corrected chi connectivity index (χ1v) is 6.00. The summed E-state index contributed by atoms with van der Waals surface area (Å²) in [5.74, 6) is 2.16. The monoisotopic (exact) mass is 256 g/mol. The molecule has 0 atom stereocenters. The lowest BCUT2D eigenvalue weighted by Crippen LogP contribution is -2.01. The van der Waals surface area contributed by atoms with Crippen LogP contribution in [0.3, 0.4) is 0 Å². The largest absolute Gasteiger partial charge is 0.373 e. The number of aromatic nitrogens is 2. The SMILES string of the molecule is CNc1cc(Nc2cccc(C(C)=O)c2)nc(C)n1. The number of anilines is 3. The molecule has 2 rings (SSSR count). The van der Waals surface area contributed by atoms with Crippen LogP contribution in [0.4, 0.5) is 17.3 Å². The van der Waals surface area contributed by atoms with Gasteiger partial charge in [-0.15, -0.1) is 0 Å². The Labute approximate surface area is 112 Å². The van der Waals surface area contributed by atoms with Crippen LogP contribution < -0.4 is 10.6 Å². The molecule has 0 aliphatic heterocycles. The van der Waals surface area contributed by atoms with Crippen molar-refractivity contribution in [3.8, 4) is 0 Å². The molecule has 0 saturated carbocycles. The second-order valence-corrected chi connectivity index (χ2v) is 4.20. The first-order valence-electron chi connectivity index (χ1n) is 6.00. The first kappa shape index (κ1) is 13.0. The van der Waals surface area contributed by atoms with Gasteiger partial charge in [0.05, 0.1) is 0 Å². The van der Waals surface area contributed by atoms with Crippen LogP contribution in [0.25, 0.3) is 0 Å². The summed E-state index contributed by atoms with van der Waals surface area (Å²) >= 11 is 0. The van der Waals surface area contributed by atoms with Gasteiger partial charge in [0.2, 0.25) is 0 Å². The summed E-state index contributed by atoms with van der Waals surface area (Å²) in [6.45, 7) is 3.38. The van der Waals surface area contributed by atoms with E-state index in [1.807, 2.05) is 32.2 Å². The fraction of sp³-hybridized carbons (Fsp3) is 0.214. The van der Waals surface area contributed by atoms with Crippen molar-refractivity contribution in [2.45, 2.75) is 13.8 Å². The van der Waals surface area contributed by atoms with Gasteiger partial charge in [0, 0.05) is 24.4 Å². The fourth-order valence-corrected chi connectivity index (χ4v) is 1.72. The van der Waals surface area contributed by atoms with Crippen LogP contribution in [0.15, 0.2) is 30.3 Å². The smallest absolute Gasteiger partial charge is 0.159 e. The van der Waals surface area contributed by atoms with Crippen LogP contribution in [-0.2, 0) is 0 Å². The Morgan fingerprint density at radius 3 is 2.58 bits per heavy atom. The molecule has 1 aromatic carbocycles. The standard InChI is InChI=1S/C14H16N4O/c1-9(19)11-5-4-6-12(7-11)18-14-8-13(15-3)16-10(2)17-14/h4-8H,1-3H3,(H2,15,16,17,18). The van der Waals surface area contributed by atoms with Crippen LogP contribution in [0, 0.1) is 6.92 Å². The second kappa shape index (κ2) is 5.48. The van der Waals surface area contributed by atoms with Gasteiger partial charge in [-0.3, -0.25) is 4.79 Å². The number of aryl methyl sites for hydroxylation is 1. The van der Waals surface area contributed by atoms with Gasteiger partial charge in [-0.1, -0.05) is 12.1 Å². The van der Waals surface area contributed by atoms with Crippen molar-refractivity contribution < 1.29 is 4.79 Å². The quantitative estimate of drug-likeness (QED) is 0.823. The van der Waals surface area contributed by atoms with E-state index in [0.29, 0.717) is 17.2 Å². The number of ketones is 1. The van der Waals surface area contributed by atoms with Gasteiger partial charge >= 0.3 is 0 Å². The molecule has 2 N–H and O–H groups in total. The Morgan fingerprint density at radius 2 is 1.89 bits per heavy atom. The molecule has 0 unspecified atom stereocenters. The minimum Gasteiger partial charge on any atom is -0.373 e. The number of hydrogen-bond donors (Lipinski definition) is 2. The van der Waals surface area contributed by atoms with E-state index in [4.69, 9.17) is 0 Å². The average Bonchev–Trinajstić information content (AvgIpc) is 2.38. The van der Waals surface area contributed by atoms with E-state index < -0.39 is 0 Å².